The zero-order chi connectivity index (χ0) is 15.6. The van der Waals surface area contributed by atoms with Gasteiger partial charge in [0.25, 0.3) is 0 Å². The largest absolute Gasteiger partial charge is 0.417 e. The van der Waals surface area contributed by atoms with Crippen LogP contribution in [0.4, 0.5) is 13.2 Å². The number of aliphatic hydroxyl groups is 1. The number of rotatable bonds is 4. The molecule has 2 aromatic rings. The zero-order valence-electron chi connectivity index (χ0n) is 11.2. The summed E-state index contributed by atoms with van der Waals surface area (Å²) in [5.41, 5.74) is 0.221. The lowest BCUT2D eigenvalue weighted by atomic mass is 10.0. The summed E-state index contributed by atoms with van der Waals surface area (Å²) >= 11 is 2.88. The topological polar surface area (TPSA) is 38.0 Å². The highest BCUT2D eigenvalue weighted by molar-refractivity contribution is 9.10. The van der Waals surface area contributed by atoms with Crippen molar-refractivity contribution < 1.29 is 18.3 Å². The lowest BCUT2D eigenvalue weighted by molar-refractivity contribution is -0.138. The summed E-state index contributed by atoms with van der Waals surface area (Å²) in [5, 5.41) is 14.2. The first kappa shape index (κ1) is 16.0. The van der Waals surface area contributed by atoms with Crippen molar-refractivity contribution in [1.82, 2.24) is 9.78 Å². The summed E-state index contributed by atoms with van der Waals surface area (Å²) in [6.45, 7) is 2.63. The predicted molar refractivity (Wildman–Crippen MR) is 75.7 cm³/mol. The van der Waals surface area contributed by atoms with Crippen LogP contribution in [-0.2, 0) is 19.1 Å². The van der Waals surface area contributed by atoms with Crippen LogP contribution < -0.4 is 0 Å². The molecular weight excluding hydrogens is 349 g/mol. The highest BCUT2D eigenvalue weighted by Gasteiger charge is 2.33. The van der Waals surface area contributed by atoms with E-state index in [4.69, 9.17) is 0 Å². The fraction of sp³-hybridized carbons (Fsp3) is 0.357. The van der Waals surface area contributed by atoms with E-state index in [-0.39, 0.29) is 16.5 Å². The average molecular weight is 363 g/mol. The van der Waals surface area contributed by atoms with Crippen molar-refractivity contribution in [3.63, 3.8) is 0 Å². The lowest BCUT2D eigenvalue weighted by Gasteiger charge is -2.14. The summed E-state index contributed by atoms with van der Waals surface area (Å²) in [6, 6.07) is 3.75. The smallest absolute Gasteiger partial charge is 0.388 e. The molecule has 0 aliphatic rings. The number of halogens is 4. The van der Waals surface area contributed by atoms with Crippen LogP contribution in [-0.4, -0.2) is 14.9 Å². The second-order valence-electron chi connectivity index (χ2n) is 4.66. The minimum Gasteiger partial charge on any atom is -0.388 e. The van der Waals surface area contributed by atoms with Crippen molar-refractivity contribution in [1.29, 1.82) is 0 Å². The molecule has 0 aliphatic heterocycles. The quantitative estimate of drug-likeness (QED) is 0.893. The molecule has 1 atom stereocenters. The molecule has 114 valence electrons. The van der Waals surface area contributed by atoms with Gasteiger partial charge in [-0.1, -0.05) is 22.0 Å². The fourth-order valence-electron chi connectivity index (χ4n) is 1.99. The molecule has 1 aromatic carbocycles. The zero-order valence-corrected chi connectivity index (χ0v) is 12.8. The summed E-state index contributed by atoms with van der Waals surface area (Å²) in [6.07, 6.45) is -1.86. The van der Waals surface area contributed by atoms with Gasteiger partial charge in [0.1, 0.15) is 0 Å². The van der Waals surface area contributed by atoms with Crippen LogP contribution in [0.1, 0.15) is 29.7 Å². The molecule has 1 N–H and O–H groups in total. The number of aromatic nitrogens is 2. The summed E-state index contributed by atoms with van der Waals surface area (Å²) in [5.74, 6) is 0. The molecule has 1 heterocycles. The van der Waals surface area contributed by atoms with E-state index in [9.17, 15) is 18.3 Å². The molecule has 3 nitrogen and oxygen atoms in total. The maximum atomic E-state index is 12.8. The van der Waals surface area contributed by atoms with Crippen molar-refractivity contribution in [3.8, 4) is 0 Å². The monoisotopic (exact) mass is 362 g/mol. The van der Waals surface area contributed by atoms with E-state index in [2.05, 4.69) is 21.0 Å². The third-order valence-corrected chi connectivity index (χ3v) is 3.81. The van der Waals surface area contributed by atoms with Crippen LogP contribution in [0.3, 0.4) is 0 Å². The molecular formula is C14H14BrF3N2O. The molecule has 0 aliphatic carbocycles. The van der Waals surface area contributed by atoms with E-state index >= 15 is 0 Å². The third kappa shape index (κ3) is 3.85. The van der Waals surface area contributed by atoms with Crippen molar-refractivity contribution in [2.45, 2.75) is 32.2 Å². The molecule has 0 radical (unpaired) electrons. The number of hydrogen-bond acceptors (Lipinski definition) is 2. The number of alkyl halides is 3. The maximum absolute atomic E-state index is 12.8. The van der Waals surface area contributed by atoms with Crippen LogP contribution in [0.5, 0.6) is 0 Å². The Morgan fingerprint density at radius 3 is 2.67 bits per heavy atom. The standard InChI is InChI=1S/C14H14BrF3N2O/c1-2-20-8-9(7-19-20)5-13(21)10-3-4-12(15)11(6-10)14(16,17)18/h3-4,6-8,13,21H,2,5H2,1H3. The number of benzene rings is 1. The molecule has 2 rings (SSSR count). The van der Waals surface area contributed by atoms with Crippen LogP contribution in [0, 0.1) is 0 Å². The number of aryl methyl sites for hydroxylation is 1. The third-order valence-electron chi connectivity index (χ3n) is 3.12. The molecule has 1 aromatic heterocycles. The van der Waals surface area contributed by atoms with Crippen molar-refractivity contribution in [2.75, 3.05) is 0 Å². The van der Waals surface area contributed by atoms with Crippen LogP contribution in [0.2, 0.25) is 0 Å². The molecule has 7 heteroatoms. The Kier molecular flexibility index (Phi) is 4.73. The van der Waals surface area contributed by atoms with Crippen molar-refractivity contribution in [2.24, 2.45) is 0 Å². The Labute approximate surface area is 128 Å². The maximum Gasteiger partial charge on any atom is 0.417 e. The molecule has 21 heavy (non-hydrogen) atoms. The molecule has 0 saturated carbocycles. The fourth-order valence-corrected chi connectivity index (χ4v) is 2.46. The minimum atomic E-state index is -4.46. The van der Waals surface area contributed by atoms with Gasteiger partial charge in [0.2, 0.25) is 0 Å². The van der Waals surface area contributed by atoms with Gasteiger partial charge in [-0.15, -0.1) is 0 Å². The molecule has 0 saturated heterocycles. The Hall–Kier alpha value is -1.34. The van der Waals surface area contributed by atoms with Gasteiger partial charge in [-0.2, -0.15) is 18.3 Å². The summed E-state index contributed by atoms with van der Waals surface area (Å²) < 4.78 is 40.2. The lowest BCUT2D eigenvalue weighted by Crippen LogP contribution is -2.09. The second kappa shape index (κ2) is 6.19. The van der Waals surface area contributed by atoms with E-state index in [0.29, 0.717) is 6.54 Å². The van der Waals surface area contributed by atoms with E-state index in [1.165, 1.54) is 12.1 Å². The summed E-state index contributed by atoms with van der Waals surface area (Å²) in [7, 11) is 0. The highest BCUT2D eigenvalue weighted by Crippen LogP contribution is 2.36. The van der Waals surface area contributed by atoms with Gasteiger partial charge >= 0.3 is 6.18 Å². The normalized spacial score (nSPS) is 13.4. The van der Waals surface area contributed by atoms with E-state index in [1.54, 1.807) is 17.1 Å². The van der Waals surface area contributed by atoms with Gasteiger partial charge in [0, 0.05) is 23.6 Å². The minimum absolute atomic E-state index is 0.0373. The van der Waals surface area contributed by atoms with E-state index < -0.39 is 17.8 Å². The average Bonchev–Trinajstić information content (AvgIpc) is 2.85. The molecule has 0 fully saturated rings. The van der Waals surface area contributed by atoms with Gasteiger partial charge in [-0.25, -0.2) is 0 Å². The predicted octanol–water partition coefficient (Wildman–Crippen LogP) is 3.96. The highest BCUT2D eigenvalue weighted by atomic mass is 79.9. The van der Waals surface area contributed by atoms with Crippen LogP contribution >= 0.6 is 15.9 Å². The number of aliphatic hydroxyl groups excluding tert-OH is 1. The molecule has 0 bridgehead atoms. The SMILES string of the molecule is CCn1cc(CC(O)c2ccc(Br)c(C(F)(F)F)c2)cn1. The Morgan fingerprint density at radius 2 is 2.10 bits per heavy atom. The first-order valence-corrected chi connectivity index (χ1v) is 7.16. The van der Waals surface area contributed by atoms with Gasteiger partial charge in [-0.3, -0.25) is 4.68 Å². The Balaban J connectivity index is 2.21. The van der Waals surface area contributed by atoms with Crippen molar-refractivity contribution in [3.05, 3.63) is 51.8 Å². The first-order valence-electron chi connectivity index (χ1n) is 6.37. The molecule has 0 spiro atoms. The van der Waals surface area contributed by atoms with Gasteiger partial charge in [0.05, 0.1) is 17.9 Å². The Bertz CT molecular complexity index is 625. The van der Waals surface area contributed by atoms with Gasteiger partial charge < -0.3 is 5.11 Å². The van der Waals surface area contributed by atoms with Gasteiger partial charge in [-0.05, 0) is 30.2 Å². The Morgan fingerprint density at radius 1 is 1.38 bits per heavy atom. The first-order chi connectivity index (χ1) is 9.81. The van der Waals surface area contributed by atoms with Crippen molar-refractivity contribution >= 4 is 15.9 Å². The van der Waals surface area contributed by atoms with E-state index in [1.807, 2.05) is 6.92 Å². The van der Waals surface area contributed by atoms with Gasteiger partial charge in [0.15, 0.2) is 0 Å². The molecule has 1 unspecified atom stereocenters. The second-order valence-corrected chi connectivity index (χ2v) is 5.52. The summed E-state index contributed by atoms with van der Waals surface area (Å²) in [4.78, 5) is 0. The molecule has 0 amide bonds. The number of hydrogen-bond donors (Lipinski definition) is 1. The number of nitrogens with zero attached hydrogens (tertiary/aromatic N) is 2. The van der Waals surface area contributed by atoms with E-state index in [0.717, 1.165) is 11.6 Å². The van der Waals surface area contributed by atoms with Crippen LogP contribution in [0.25, 0.3) is 0 Å². The van der Waals surface area contributed by atoms with Crippen LogP contribution in [0.15, 0.2) is 35.1 Å².